The van der Waals surface area contributed by atoms with Gasteiger partial charge in [-0.05, 0) is 42.2 Å². The summed E-state index contributed by atoms with van der Waals surface area (Å²) in [5, 5.41) is 8.74. The largest absolute Gasteiger partial charge is 0.401 e. The number of hydrogen-bond acceptors (Lipinski definition) is 5. The first-order chi connectivity index (χ1) is 14.7. The molecule has 1 amide bonds. The minimum atomic E-state index is -4.44. The molecule has 10 heteroatoms. The number of pyridine rings is 1. The Morgan fingerprint density at radius 2 is 1.87 bits per heavy atom. The summed E-state index contributed by atoms with van der Waals surface area (Å²) < 4.78 is 58.8. The van der Waals surface area contributed by atoms with Crippen molar-refractivity contribution < 1.29 is 26.9 Å². The molecule has 0 radical (unpaired) electrons. The van der Waals surface area contributed by atoms with Crippen molar-refractivity contribution in [1.29, 1.82) is 0 Å². The lowest BCUT2D eigenvalue weighted by Gasteiger charge is -2.14. The molecule has 1 aliphatic carbocycles. The summed E-state index contributed by atoms with van der Waals surface area (Å²) in [5.74, 6) is -0.994. The zero-order valence-corrected chi connectivity index (χ0v) is 16.4. The van der Waals surface area contributed by atoms with Crippen molar-refractivity contribution in [2.75, 3.05) is 17.7 Å². The van der Waals surface area contributed by atoms with Gasteiger partial charge in [0, 0.05) is 24.9 Å². The van der Waals surface area contributed by atoms with Gasteiger partial charge in [-0.3, -0.25) is 4.79 Å². The molecule has 31 heavy (non-hydrogen) atoms. The van der Waals surface area contributed by atoms with Crippen LogP contribution in [0.25, 0.3) is 11.1 Å². The van der Waals surface area contributed by atoms with Crippen LogP contribution in [0.5, 0.6) is 0 Å². The van der Waals surface area contributed by atoms with Crippen molar-refractivity contribution >= 4 is 17.5 Å². The summed E-state index contributed by atoms with van der Waals surface area (Å²) in [6.45, 7) is 0. The minimum absolute atomic E-state index is 0.0795. The van der Waals surface area contributed by atoms with E-state index in [0.717, 1.165) is 6.07 Å². The molecule has 1 saturated carbocycles. The molecule has 4 rings (SSSR count). The summed E-state index contributed by atoms with van der Waals surface area (Å²) in [6.07, 6.45) is -3.31. The van der Waals surface area contributed by atoms with Crippen molar-refractivity contribution in [3.05, 3.63) is 59.7 Å². The Bertz CT molecular complexity index is 1110. The fraction of sp³-hybridized carbons (Fsp3) is 0.286. The van der Waals surface area contributed by atoms with Crippen LogP contribution in [-0.4, -0.2) is 29.3 Å². The van der Waals surface area contributed by atoms with E-state index in [1.165, 1.54) is 12.1 Å². The highest BCUT2D eigenvalue weighted by Crippen LogP contribution is 2.59. The van der Waals surface area contributed by atoms with Crippen molar-refractivity contribution in [3.8, 4) is 11.1 Å². The third kappa shape index (κ3) is 4.10. The third-order valence-electron chi connectivity index (χ3n) is 5.30. The second-order valence-electron chi connectivity index (χ2n) is 7.37. The van der Waals surface area contributed by atoms with E-state index in [1.807, 2.05) is 0 Å². The Hall–Kier alpha value is -3.43. The second kappa shape index (κ2) is 7.68. The number of carbonyl (C=O) groups is 1. The van der Waals surface area contributed by atoms with Crippen molar-refractivity contribution in [3.63, 3.8) is 0 Å². The van der Waals surface area contributed by atoms with Gasteiger partial charge in [-0.1, -0.05) is 17.3 Å². The quantitative estimate of drug-likeness (QED) is 0.550. The number of alkyl halides is 3. The molecule has 1 aliphatic rings. The van der Waals surface area contributed by atoms with E-state index in [4.69, 9.17) is 4.52 Å². The molecular formula is C21H18F4N4O2. The average Bonchev–Trinajstić information content (AvgIpc) is 3.44. The average molecular weight is 434 g/mol. The molecule has 1 fully saturated rings. The maximum Gasteiger partial charge on any atom is 0.401 e. The number of hydrogen-bond donors (Lipinski definition) is 2. The first-order valence-corrected chi connectivity index (χ1v) is 9.48. The molecule has 0 spiro atoms. The van der Waals surface area contributed by atoms with Crippen LogP contribution in [-0.2, 0) is 16.6 Å². The number of amides is 1. The van der Waals surface area contributed by atoms with Gasteiger partial charge in [-0.2, -0.15) is 13.2 Å². The van der Waals surface area contributed by atoms with Gasteiger partial charge < -0.3 is 15.2 Å². The van der Waals surface area contributed by atoms with Crippen LogP contribution in [0.4, 0.5) is 29.2 Å². The Morgan fingerprint density at radius 3 is 2.45 bits per heavy atom. The zero-order chi connectivity index (χ0) is 22.2. The van der Waals surface area contributed by atoms with Gasteiger partial charge in [0.25, 0.3) is 0 Å². The van der Waals surface area contributed by atoms with E-state index < -0.39 is 23.3 Å². The minimum Gasteiger partial charge on any atom is -0.373 e. The predicted molar refractivity (Wildman–Crippen MR) is 105 cm³/mol. The SMILES string of the molecule is CNc1ccc(-c2ccc(CC(=O)Nc3cc(C4(C(F)(F)F)CC4)on3)c(F)c2)cn1. The van der Waals surface area contributed by atoms with Gasteiger partial charge in [-0.25, -0.2) is 9.37 Å². The fourth-order valence-electron chi connectivity index (χ4n) is 3.30. The number of rotatable bonds is 6. The molecule has 6 nitrogen and oxygen atoms in total. The molecule has 0 atom stereocenters. The number of halogens is 4. The number of carbonyl (C=O) groups excluding carboxylic acids is 1. The lowest BCUT2D eigenvalue weighted by molar-refractivity contribution is -0.165. The summed E-state index contributed by atoms with van der Waals surface area (Å²) in [4.78, 5) is 16.4. The standard InChI is InChI=1S/C21H18F4N4O2/c1-26-17-5-4-14(11-27-17)12-2-3-13(15(22)8-12)9-19(30)28-18-10-16(31-29-18)20(6-7-20)21(23,24)25/h2-5,8,10-11H,6-7,9H2,1H3,(H,26,27)(H,28,29,30). The van der Waals surface area contributed by atoms with E-state index in [0.29, 0.717) is 16.9 Å². The van der Waals surface area contributed by atoms with Crippen molar-refractivity contribution in [2.24, 2.45) is 0 Å². The smallest absolute Gasteiger partial charge is 0.373 e. The Labute approximate surface area is 174 Å². The van der Waals surface area contributed by atoms with Crippen molar-refractivity contribution in [1.82, 2.24) is 10.1 Å². The maximum atomic E-state index is 14.5. The number of anilines is 2. The molecule has 162 valence electrons. The van der Waals surface area contributed by atoms with E-state index >= 15 is 0 Å². The first kappa shape index (κ1) is 20.8. The first-order valence-electron chi connectivity index (χ1n) is 9.48. The molecule has 2 N–H and O–H groups in total. The highest BCUT2D eigenvalue weighted by atomic mass is 19.4. The van der Waals surface area contributed by atoms with E-state index in [1.54, 1.807) is 31.4 Å². The Balaban J connectivity index is 1.42. The van der Waals surface area contributed by atoms with Crippen LogP contribution in [0, 0.1) is 5.82 Å². The van der Waals surface area contributed by atoms with Gasteiger partial charge in [0.2, 0.25) is 5.91 Å². The Morgan fingerprint density at radius 1 is 1.13 bits per heavy atom. The van der Waals surface area contributed by atoms with Gasteiger partial charge in [0.05, 0.1) is 6.42 Å². The van der Waals surface area contributed by atoms with E-state index in [-0.39, 0.29) is 36.4 Å². The predicted octanol–water partition coefficient (Wildman–Crippen LogP) is 4.69. The highest BCUT2D eigenvalue weighted by Gasteiger charge is 2.66. The highest BCUT2D eigenvalue weighted by molar-refractivity contribution is 5.91. The molecule has 2 aromatic heterocycles. The molecule has 1 aromatic carbocycles. The zero-order valence-electron chi connectivity index (χ0n) is 16.4. The fourth-order valence-corrected chi connectivity index (χ4v) is 3.30. The summed E-state index contributed by atoms with van der Waals surface area (Å²) >= 11 is 0. The van der Waals surface area contributed by atoms with Crippen molar-refractivity contribution in [2.45, 2.75) is 30.9 Å². The monoisotopic (exact) mass is 434 g/mol. The number of benzene rings is 1. The van der Waals surface area contributed by atoms with Gasteiger partial charge >= 0.3 is 6.18 Å². The normalized spacial score (nSPS) is 14.9. The summed E-state index contributed by atoms with van der Waals surface area (Å²) in [7, 11) is 1.74. The second-order valence-corrected chi connectivity index (χ2v) is 7.37. The molecule has 2 heterocycles. The Kier molecular flexibility index (Phi) is 5.16. The maximum absolute atomic E-state index is 14.5. The molecule has 0 aliphatic heterocycles. The van der Waals surface area contributed by atoms with Crippen LogP contribution in [0.2, 0.25) is 0 Å². The molecular weight excluding hydrogens is 416 g/mol. The number of nitrogens with one attached hydrogen (secondary N) is 2. The van der Waals surface area contributed by atoms with Crippen LogP contribution in [0.3, 0.4) is 0 Å². The van der Waals surface area contributed by atoms with E-state index in [9.17, 15) is 22.4 Å². The molecule has 0 unspecified atom stereocenters. The topological polar surface area (TPSA) is 80.0 Å². The van der Waals surface area contributed by atoms with Crippen LogP contribution < -0.4 is 10.6 Å². The lowest BCUT2D eigenvalue weighted by atomic mass is 10.0. The number of aromatic nitrogens is 2. The summed E-state index contributed by atoms with van der Waals surface area (Å²) in [6, 6.07) is 9.05. The molecule has 0 bridgehead atoms. The molecule has 3 aromatic rings. The van der Waals surface area contributed by atoms with Gasteiger partial charge in [0.15, 0.2) is 11.6 Å². The number of nitrogens with zero attached hydrogens (tertiary/aromatic N) is 2. The molecule has 0 saturated heterocycles. The third-order valence-corrected chi connectivity index (χ3v) is 5.30. The van der Waals surface area contributed by atoms with Crippen LogP contribution in [0.15, 0.2) is 47.1 Å². The van der Waals surface area contributed by atoms with Gasteiger partial charge in [0.1, 0.15) is 17.1 Å². The lowest BCUT2D eigenvalue weighted by Crippen LogP contribution is -2.28. The summed E-state index contributed by atoms with van der Waals surface area (Å²) in [5.41, 5.74) is -0.577. The van der Waals surface area contributed by atoms with Crippen LogP contribution in [0.1, 0.15) is 24.2 Å². The van der Waals surface area contributed by atoms with E-state index in [2.05, 4.69) is 20.8 Å². The van der Waals surface area contributed by atoms with Crippen LogP contribution >= 0.6 is 0 Å². The van der Waals surface area contributed by atoms with Gasteiger partial charge in [-0.15, -0.1) is 0 Å².